The lowest BCUT2D eigenvalue weighted by Gasteiger charge is -2.32. The van der Waals surface area contributed by atoms with E-state index in [2.05, 4.69) is 5.32 Å². The highest BCUT2D eigenvalue weighted by molar-refractivity contribution is 5.68. The SMILES string of the molecule is CCC1(C)CCNC(=O)O1. The number of hydrogen-bond acceptors (Lipinski definition) is 2. The van der Waals surface area contributed by atoms with Crippen molar-refractivity contribution in [3.63, 3.8) is 0 Å². The molecule has 0 aliphatic carbocycles. The molecule has 1 aliphatic heterocycles. The van der Waals surface area contributed by atoms with Gasteiger partial charge in [-0.15, -0.1) is 0 Å². The van der Waals surface area contributed by atoms with Crippen LogP contribution in [0.3, 0.4) is 0 Å². The van der Waals surface area contributed by atoms with Crippen LogP contribution < -0.4 is 5.32 Å². The fraction of sp³-hybridized carbons (Fsp3) is 0.857. The van der Waals surface area contributed by atoms with Crippen LogP contribution in [0.2, 0.25) is 0 Å². The van der Waals surface area contributed by atoms with E-state index in [4.69, 9.17) is 4.74 Å². The lowest BCUT2D eigenvalue weighted by molar-refractivity contribution is -0.00164. The van der Waals surface area contributed by atoms with Crippen LogP contribution in [0.25, 0.3) is 0 Å². The molecule has 1 amide bonds. The number of cyclic esters (lactones) is 1. The van der Waals surface area contributed by atoms with Crippen LogP contribution in [0.5, 0.6) is 0 Å². The minimum Gasteiger partial charge on any atom is -0.443 e. The molecule has 1 saturated heterocycles. The molecule has 0 aromatic carbocycles. The van der Waals surface area contributed by atoms with Gasteiger partial charge in [0.1, 0.15) is 5.60 Å². The molecule has 1 heterocycles. The van der Waals surface area contributed by atoms with Gasteiger partial charge in [-0.05, 0) is 13.3 Å². The lowest BCUT2D eigenvalue weighted by atomic mass is 9.98. The Morgan fingerprint density at radius 2 is 2.50 bits per heavy atom. The maximum absolute atomic E-state index is 10.7. The van der Waals surface area contributed by atoms with Gasteiger partial charge in [0.2, 0.25) is 0 Å². The second kappa shape index (κ2) is 2.48. The van der Waals surface area contributed by atoms with Gasteiger partial charge in [-0.3, -0.25) is 0 Å². The van der Waals surface area contributed by atoms with E-state index in [9.17, 15) is 4.79 Å². The average molecular weight is 143 g/mol. The van der Waals surface area contributed by atoms with Gasteiger partial charge in [-0.25, -0.2) is 4.79 Å². The van der Waals surface area contributed by atoms with Crippen LogP contribution in [0.4, 0.5) is 4.79 Å². The molecule has 0 aromatic rings. The van der Waals surface area contributed by atoms with Crippen molar-refractivity contribution < 1.29 is 9.53 Å². The summed E-state index contributed by atoms with van der Waals surface area (Å²) < 4.78 is 5.07. The van der Waals surface area contributed by atoms with Crippen LogP contribution in [0.1, 0.15) is 26.7 Å². The van der Waals surface area contributed by atoms with Crippen molar-refractivity contribution in [1.29, 1.82) is 0 Å². The first-order chi connectivity index (χ1) is 4.66. The van der Waals surface area contributed by atoms with Gasteiger partial charge in [0, 0.05) is 13.0 Å². The number of hydrogen-bond donors (Lipinski definition) is 1. The third kappa shape index (κ3) is 1.40. The number of carbonyl (C=O) groups is 1. The fourth-order valence-corrected chi connectivity index (χ4v) is 0.989. The number of rotatable bonds is 1. The molecule has 1 N–H and O–H groups in total. The number of carbonyl (C=O) groups excluding carboxylic acids is 1. The molecule has 0 bridgehead atoms. The van der Waals surface area contributed by atoms with Crippen molar-refractivity contribution in [1.82, 2.24) is 5.32 Å². The molecule has 1 aliphatic rings. The summed E-state index contributed by atoms with van der Waals surface area (Å²) in [7, 11) is 0. The predicted octanol–water partition coefficient (Wildman–Crippen LogP) is 1.28. The topological polar surface area (TPSA) is 38.3 Å². The zero-order valence-electron chi connectivity index (χ0n) is 6.44. The summed E-state index contributed by atoms with van der Waals surface area (Å²) in [5, 5.41) is 2.61. The molecule has 0 aromatic heterocycles. The highest BCUT2D eigenvalue weighted by Gasteiger charge is 2.30. The van der Waals surface area contributed by atoms with Gasteiger partial charge in [-0.2, -0.15) is 0 Å². The van der Waals surface area contributed by atoms with Crippen LogP contribution in [0, 0.1) is 0 Å². The van der Waals surface area contributed by atoms with Crippen LogP contribution in [0.15, 0.2) is 0 Å². The van der Waals surface area contributed by atoms with E-state index in [0.29, 0.717) is 0 Å². The molecule has 1 fully saturated rings. The van der Waals surface area contributed by atoms with E-state index < -0.39 is 0 Å². The predicted molar refractivity (Wildman–Crippen MR) is 37.8 cm³/mol. The first-order valence-corrected chi connectivity index (χ1v) is 3.63. The zero-order valence-corrected chi connectivity index (χ0v) is 6.44. The zero-order chi connectivity index (χ0) is 7.61. The summed E-state index contributed by atoms with van der Waals surface area (Å²) >= 11 is 0. The highest BCUT2D eigenvalue weighted by atomic mass is 16.6. The van der Waals surface area contributed by atoms with E-state index in [1.54, 1.807) is 0 Å². The van der Waals surface area contributed by atoms with Gasteiger partial charge in [0.15, 0.2) is 0 Å². The first-order valence-electron chi connectivity index (χ1n) is 3.63. The Morgan fingerprint density at radius 1 is 1.80 bits per heavy atom. The number of alkyl carbamates (subject to hydrolysis) is 1. The fourth-order valence-electron chi connectivity index (χ4n) is 0.989. The number of nitrogens with one attached hydrogen (secondary N) is 1. The van der Waals surface area contributed by atoms with Crippen molar-refractivity contribution in [3.8, 4) is 0 Å². The van der Waals surface area contributed by atoms with E-state index >= 15 is 0 Å². The van der Waals surface area contributed by atoms with Crippen LogP contribution in [-0.4, -0.2) is 18.2 Å². The summed E-state index contributed by atoms with van der Waals surface area (Å²) in [6, 6.07) is 0. The van der Waals surface area contributed by atoms with Gasteiger partial charge >= 0.3 is 6.09 Å². The molecular weight excluding hydrogens is 130 g/mol. The Morgan fingerprint density at radius 3 is 2.90 bits per heavy atom. The number of amides is 1. The van der Waals surface area contributed by atoms with E-state index in [0.717, 1.165) is 19.4 Å². The Hall–Kier alpha value is -0.730. The molecule has 3 heteroatoms. The van der Waals surface area contributed by atoms with E-state index in [1.165, 1.54) is 0 Å². The molecule has 0 spiro atoms. The largest absolute Gasteiger partial charge is 0.443 e. The third-order valence-electron chi connectivity index (χ3n) is 2.01. The molecule has 1 rings (SSSR count). The third-order valence-corrected chi connectivity index (χ3v) is 2.01. The minimum atomic E-state index is -0.282. The Kier molecular flexibility index (Phi) is 1.83. The summed E-state index contributed by atoms with van der Waals surface area (Å²) in [6.45, 7) is 4.73. The van der Waals surface area contributed by atoms with Crippen molar-refractivity contribution in [2.24, 2.45) is 0 Å². The van der Waals surface area contributed by atoms with Crippen molar-refractivity contribution >= 4 is 6.09 Å². The first kappa shape index (κ1) is 7.38. The van der Waals surface area contributed by atoms with Crippen LogP contribution >= 0.6 is 0 Å². The monoisotopic (exact) mass is 143 g/mol. The van der Waals surface area contributed by atoms with E-state index in [-0.39, 0.29) is 11.7 Å². The second-order valence-electron chi connectivity index (χ2n) is 2.87. The van der Waals surface area contributed by atoms with E-state index in [1.807, 2.05) is 13.8 Å². The molecular formula is C7H13NO2. The summed E-state index contributed by atoms with van der Waals surface area (Å²) in [5.74, 6) is 0. The molecule has 3 nitrogen and oxygen atoms in total. The maximum atomic E-state index is 10.7. The summed E-state index contributed by atoms with van der Waals surface area (Å²) in [5.41, 5.74) is -0.220. The smallest absolute Gasteiger partial charge is 0.407 e. The Labute approximate surface area is 60.7 Å². The molecule has 1 atom stereocenters. The Bertz CT molecular complexity index is 147. The summed E-state index contributed by atoms with van der Waals surface area (Å²) in [4.78, 5) is 10.7. The molecule has 58 valence electrons. The van der Waals surface area contributed by atoms with Gasteiger partial charge in [0.05, 0.1) is 0 Å². The average Bonchev–Trinajstić information content (AvgIpc) is 1.88. The lowest BCUT2D eigenvalue weighted by Crippen LogP contribution is -2.44. The molecule has 0 saturated carbocycles. The quantitative estimate of drug-likeness (QED) is 0.600. The maximum Gasteiger partial charge on any atom is 0.407 e. The number of ether oxygens (including phenoxy) is 1. The minimum absolute atomic E-state index is 0.220. The second-order valence-corrected chi connectivity index (χ2v) is 2.87. The standard InChI is InChI=1S/C7H13NO2/c1-3-7(2)4-5-8-6(9)10-7/h3-5H2,1-2H3,(H,8,9). The molecule has 1 unspecified atom stereocenters. The van der Waals surface area contributed by atoms with Crippen molar-refractivity contribution in [3.05, 3.63) is 0 Å². The van der Waals surface area contributed by atoms with Gasteiger partial charge in [-0.1, -0.05) is 6.92 Å². The summed E-state index contributed by atoms with van der Waals surface area (Å²) in [6.07, 6.45) is 1.52. The van der Waals surface area contributed by atoms with Gasteiger partial charge < -0.3 is 10.1 Å². The molecule has 10 heavy (non-hydrogen) atoms. The van der Waals surface area contributed by atoms with Crippen LogP contribution in [-0.2, 0) is 4.74 Å². The van der Waals surface area contributed by atoms with Crippen molar-refractivity contribution in [2.75, 3.05) is 6.54 Å². The highest BCUT2D eigenvalue weighted by Crippen LogP contribution is 2.21. The normalized spacial score (nSPS) is 32.8. The Balaban J connectivity index is 2.53. The van der Waals surface area contributed by atoms with Crippen molar-refractivity contribution in [2.45, 2.75) is 32.3 Å². The molecule has 0 radical (unpaired) electrons. The van der Waals surface area contributed by atoms with Gasteiger partial charge in [0.25, 0.3) is 0 Å².